The molecule has 4 heteroatoms. The molecule has 0 bridgehead atoms. The number of para-hydroxylation sites is 2. The molecule has 0 saturated heterocycles. The fraction of sp³-hybridized carbons (Fsp3) is 0.235. The van der Waals surface area contributed by atoms with Gasteiger partial charge in [0.25, 0.3) is 0 Å². The second-order valence-electron chi connectivity index (χ2n) is 5.30. The monoisotopic (exact) mass is 344 g/mol. The van der Waals surface area contributed by atoms with Crippen molar-refractivity contribution in [2.45, 2.75) is 19.4 Å². The van der Waals surface area contributed by atoms with Crippen molar-refractivity contribution >= 4 is 27.0 Å². The Morgan fingerprint density at radius 3 is 2.76 bits per heavy atom. The number of aromatic nitrogens is 2. The number of benzene rings is 2. The molecule has 0 amide bonds. The molecule has 1 heterocycles. The average Bonchev–Trinajstić information content (AvgIpc) is 2.78. The van der Waals surface area contributed by atoms with E-state index in [0.717, 1.165) is 32.5 Å². The summed E-state index contributed by atoms with van der Waals surface area (Å²) in [6.45, 7) is 2.01. The highest BCUT2D eigenvalue weighted by Gasteiger charge is 2.16. The van der Waals surface area contributed by atoms with E-state index in [1.165, 1.54) is 0 Å². The molecule has 1 unspecified atom stereocenters. The SMILES string of the molecule is Cc1ccc(Br)cc1C(O)Cc1nc2ccccc2n1C. The van der Waals surface area contributed by atoms with Gasteiger partial charge in [-0.25, -0.2) is 4.98 Å². The molecule has 2 aromatic carbocycles. The van der Waals surface area contributed by atoms with Crippen LogP contribution in [0.4, 0.5) is 0 Å². The van der Waals surface area contributed by atoms with Crippen LogP contribution < -0.4 is 0 Å². The van der Waals surface area contributed by atoms with Crippen LogP contribution in [-0.2, 0) is 13.5 Å². The molecule has 1 atom stereocenters. The van der Waals surface area contributed by atoms with Crippen LogP contribution in [0, 0.1) is 6.92 Å². The first kappa shape index (κ1) is 14.3. The number of imidazole rings is 1. The van der Waals surface area contributed by atoms with Crippen molar-refractivity contribution in [2.24, 2.45) is 7.05 Å². The average molecular weight is 345 g/mol. The lowest BCUT2D eigenvalue weighted by molar-refractivity contribution is 0.174. The zero-order chi connectivity index (χ0) is 15.0. The van der Waals surface area contributed by atoms with Crippen molar-refractivity contribution in [3.8, 4) is 0 Å². The Bertz CT molecular complexity index is 795. The molecule has 21 heavy (non-hydrogen) atoms. The van der Waals surface area contributed by atoms with Gasteiger partial charge in [-0.3, -0.25) is 0 Å². The van der Waals surface area contributed by atoms with Crippen molar-refractivity contribution in [2.75, 3.05) is 0 Å². The fourth-order valence-corrected chi connectivity index (χ4v) is 3.01. The Hall–Kier alpha value is -1.65. The zero-order valence-electron chi connectivity index (χ0n) is 12.0. The highest BCUT2D eigenvalue weighted by molar-refractivity contribution is 9.10. The minimum atomic E-state index is -0.557. The van der Waals surface area contributed by atoms with Gasteiger partial charge < -0.3 is 9.67 Å². The second-order valence-corrected chi connectivity index (χ2v) is 6.21. The van der Waals surface area contributed by atoms with E-state index in [9.17, 15) is 5.11 Å². The van der Waals surface area contributed by atoms with E-state index in [-0.39, 0.29) is 0 Å². The number of hydrogen-bond acceptors (Lipinski definition) is 2. The van der Waals surface area contributed by atoms with E-state index < -0.39 is 6.10 Å². The number of aliphatic hydroxyl groups is 1. The smallest absolute Gasteiger partial charge is 0.112 e. The topological polar surface area (TPSA) is 38.1 Å². The summed E-state index contributed by atoms with van der Waals surface area (Å²) in [5.74, 6) is 0.892. The molecule has 0 radical (unpaired) electrons. The van der Waals surface area contributed by atoms with Crippen LogP contribution in [0.15, 0.2) is 46.9 Å². The van der Waals surface area contributed by atoms with Crippen molar-refractivity contribution < 1.29 is 5.11 Å². The molecule has 3 nitrogen and oxygen atoms in total. The molecular weight excluding hydrogens is 328 g/mol. The summed E-state index contributed by atoms with van der Waals surface area (Å²) in [7, 11) is 1.99. The van der Waals surface area contributed by atoms with Crippen molar-refractivity contribution in [3.05, 3.63) is 63.9 Å². The van der Waals surface area contributed by atoms with E-state index >= 15 is 0 Å². The molecule has 0 fully saturated rings. The lowest BCUT2D eigenvalue weighted by Crippen LogP contribution is -2.08. The van der Waals surface area contributed by atoms with E-state index in [2.05, 4.69) is 20.9 Å². The third-order valence-electron chi connectivity index (χ3n) is 3.86. The summed E-state index contributed by atoms with van der Waals surface area (Å²) in [6, 6.07) is 14.0. The molecule has 108 valence electrons. The van der Waals surface area contributed by atoms with Gasteiger partial charge in [-0.2, -0.15) is 0 Å². The normalized spacial score (nSPS) is 12.8. The summed E-state index contributed by atoms with van der Waals surface area (Å²) >= 11 is 3.46. The highest BCUT2D eigenvalue weighted by Crippen LogP contribution is 2.26. The molecule has 0 aliphatic heterocycles. The van der Waals surface area contributed by atoms with Crippen molar-refractivity contribution in [1.29, 1.82) is 0 Å². The Morgan fingerprint density at radius 1 is 1.24 bits per heavy atom. The number of aryl methyl sites for hydroxylation is 2. The lowest BCUT2D eigenvalue weighted by Gasteiger charge is -2.14. The number of aliphatic hydroxyl groups excluding tert-OH is 1. The van der Waals surface area contributed by atoms with Crippen LogP contribution in [0.5, 0.6) is 0 Å². The molecule has 1 aromatic heterocycles. The fourth-order valence-electron chi connectivity index (χ4n) is 2.63. The van der Waals surface area contributed by atoms with Crippen LogP contribution in [0.1, 0.15) is 23.1 Å². The van der Waals surface area contributed by atoms with Gasteiger partial charge in [0.1, 0.15) is 5.82 Å². The van der Waals surface area contributed by atoms with E-state index in [4.69, 9.17) is 0 Å². The van der Waals surface area contributed by atoms with E-state index in [0.29, 0.717) is 6.42 Å². The van der Waals surface area contributed by atoms with Crippen LogP contribution in [-0.4, -0.2) is 14.7 Å². The summed E-state index contributed by atoms with van der Waals surface area (Å²) in [5.41, 5.74) is 4.08. The highest BCUT2D eigenvalue weighted by atomic mass is 79.9. The predicted molar refractivity (Wildman–Crippen MR) is 88.3 cm³/mol. The maximum atomic E-state index is 10.6. The minimum Gasteiger partial charge on any atom is -0.388 e. The van der Waals surface area contributed by atoms with Crippen LogP contribution in [0.3, 0.4) is 0 Å². The van der Waals surface area contributed by atoms with Gasteiger partial charge in [-0.1, -0.05) is 34.1 Å². The molecule has 3 rings (SSSR count). The quantitative estimate of drug-likeness (QED) is 0.781. The maximum absolute atomic E-state index is 10.6. The molecular formula is C17H17BrN2O. The summed E-state index contributed by atoms with van der Waals surface area (Å²) in [4.78, 5) is 4.62. The first-order chi connectivity index (χ1) is 10.1. The first-order valence-corrected chi connectivity index (χ1v) is 7.70. The third-order valence-corrected chi connectivity index (χ3v) is 4.35. The predicted octanol–water partition coefficient (Wildman–Crippen LogP) is 3.92. The Kier molecular flexibility index (Phi) is 3.83. The largest absolute Gasteiger partial charge is 0.388 e. The zero-order valence-corrected chi connectivity index (χ0v) is 13.6. The van der Waals surface area contributed by atoms with Crippen LogP contribution in [0.2, 0.25) is 0 Å². The van der Waals surface area contributed by atoms with Gasteiger partial charge >= 0.3 is 0 Å². The number of hydrogen-bond donors (Lipinski definition) is 1. The summed E-state index contributed by atoms with van der Waals surface area (Å²) < 4.78 is 3.03. The Morgan fingerprint density at radius 2 is 2.00 bits per heavy atom. The van der Waals surface area contributed by atoms with Gasteiger partial charge in [0.2, 0.25) is 0 Å². The van der Waals surface area contributed by atoms with Crippen molar-refractivity contribution in [1.82, 2.24) is 9.55 Å². The number of halogens is 1. The number of fused-ring (bicyclic) bond motifs is 1. The first-order valence-electron chi connectivity index (χ1n) is 6.90. The molecule has 3 aromatic rings. The van der Waals surface area contributed by atoms with Gasteiger partial charge in [0.05, 0.1) is 17.1 Å². The van der Waals surface area contributed by atoms with Gasteiger partial charge in [0.15, 0.2) is 0 Å². The molecule has 0 saturated carbocycles. The summed E-state index contributed by atoms with van der Waals surface area (Å²) in [5, 5.41) is 10.6. The van der Waals surface area contributed by atoms with Crippen LogP contribution in [0.25, 0.3) is 11.0 Å². The maximum Gasteiger partial charge on any atom is 0.112 e. The lowest BCUT2D eigenvalue weighted by atomic mass is 10.0. The Balaban J connectivity index is 1.94. The molecule has 0 aliphatic rings. The van der Waals surface area contributed by atoms with Gasteiger partial charge in [-0.15, -0.1) is 0 Å². The van der Waals surface area contributed by atoms with E-state index in [1.54, 1.807) is 0 Å². The second kappa shape index (κ2) is 5.62. The van der Waals surface area contributed by atoms with Crippen molar-refractivity contribution in [3.63, 3.8) is 0 Å². The summed E-state index contributed by atoms with van der Waals surface area (Å²) in [6.07, 6.45) is -0.0549. The number of nitrogens with zero attached hydrogens (tertiary/aromatic N) is 2. The molecule has 0 aliphatic carbocycles. The molecule has 0 spiro atoms. The van der Waals surface area contributed by atoms with Gasteiger partial charge in [0, 0.05) is 17.9 Å². The van der Waals surface area contributed by atoms with E-state index in [1.807, 2.05) is 61.0 Å². The molecule has 1 N–H and O–H groups in total. The van der Waals surface area contributed by atoms with Crippen LogP contribution >= 0.6 is 15.9 Å². The number of rotatable bonds is 3. The third kappa shape index (κ3) is 2.74. The Labute approximate surface area is 132 Å². The minimum absolute atomic E-state index is 0.502. The standard InChI is InChI=1S/C17H17BrN2O/c1-11-7-8-12(18)9-13(11)16(21)10-17-19-14-5-3-4-6-15(14)20(17)2/h3-9,16,21H,10H2,1-2H3. The van der Waals surface area contributed by atoms with Gasteiger partial charge in [-0.05, 0) is 42.3 Å².